The lowest BCUT2D eigenvalue weighted by Gasteiger charge is -2.11. The SMILES string of the molecule is Nc1cc(Cl)c(Cl)c(-c2nnnn2CCC2CCCC2)c1. The van der Waals surface area contributed by atoms with Crippen LogP contribution >= 0.6 is 23.2 Å². The molecular formula is C14H17Cl2N5. The Labute approximate surface area is 133 Å². The Morgan fingerprint density at radius 1 is 1.24 bits per heavy atom. The molecule has 7 heteroatoms. The van der Waals surface area contributed by atoms with Crippen LogP contribution in [0.3, 0.4) is 0 Å². The van der Waals surface area contributed by atoms with Crippen LogP contribution in [0.25, 0.3) is 11.4 Å². The van der Waals surface area contributed by atoms with E-state index in [4.69, 9.17) is 28.9 Å². The summed E-state index contributed by atoms with van der Waals surface area (Å²) >= 11 is 12.3. The Morgan fingerprint density at radius 2 is 2.00 bits per heavy atom. The van der Waals surface area contributed by atoms with Gasteiger partial charge in [0.1, 0.15) is 0 Å². The third-order valence-electron chi connectivity index (χ3n) is 4.05. The van der Waals surface area contributed by atoms with Gasteiger partial charge >= 0.3 is 0 Å². The van der Waals surface area contributed by atoms with E-state index in [2.05, 4.69) is 15.5 Å². The molecule has 0 radical (unpaired) electrons. The van der Waals surface area contributed by atoms with Gasteiger partial charge in [-0.2, -0.15) is 0 Å². The van der Waals surface area contributed by atoms with E-state index in [-0.39, 0.29) is 0 Å². The predicted octanol–water partition coefficient (Wildman–Crippen LogP) is 3.81. The Hall–Kier alpha value is -1.33. The van der Waals surface area contributed by atoms with Gasteiger partial charge < -0.3 is 5.73 Å². The van der Waals surface area contributed by atoms with E-state index in [1.54, 1.807) is 16.8 Å². The monoisotopic (exact) mass is 325 g/mol. The molecule has 2 aromatic rings. The molecule has 1 aliphatic carbocycles. The molecule has 0 unspecified atom stereocenters. The number of nitrogens with two attached hydrogens (primary N) is 1. The maximum absolute atomic E-state index is 6.26. The number of tetrazole rings is 1. The van der Waals surface area contributed by atoms with Crippen LogP contribution in [0.2, 0.25) is 10.0 Å². The second kappa shape index (κ2) is 6.20. The molecule has 5 nitrogen and oxygen atoms in total. The summed E-state index contributed by atoms with van der Waals surface area (Å²) in [5.74, 6) is 1.40. The number of rotatable bonds is 4. The number of aryl methyl sites for hydroxylation is 1. The van der Waals surface area contributed by atoms with Crippen LogP contribution in [-0.4, -0.2) is 20.2 Å². The lowest BCUT2D eigenvalue weighted by molar-refractivity contribution is 0.436. The number of nitrogen functional groups attached to an aromatic ring is 1. The van der Waals surface area contributed by atoms with Crippen LogP contribution in [0.5, 0.6) is 0 Å². The van der Waals surface area contributed by atoms with E-state index >= 15 is 0 Å². The first-order chi connectivity index (χ1) is 10.1. The first kappa shape index (κ1) is 14.6. The summed E-state index contributed by atoms with van der Waals surface area (Å²) in [6.45, 7) is 0.787. The van der Waals surface area contributed by atoms with Crippen molar-refractivity contribution in [1.29, 1.82) is 0 Å². The molecule has 0 bridgehead atoms. The second-order valence-electron chi connectivity index (χ2n) is 5.53. The molecule has 1 fully saturated rings. The summed E-state index contributed by atoms with van der Waals surface area (Å²) in [5, 5.41) is 12.8. The van der Waals surface area contributed by atoms with E-state index in [9.17, 15) is 0 Å². The standard InChI is InChI=1S/C14H17Cl2N5/c15-12-8-10(17)7-11(13(12)16)14-18-19-20-21(14)6-5-9-3-1-2-4-9/h7-9H,1-6,17H2. The molecule has 3 rings (SSSR count). The lowest BCUT2D eigenvalue weighted by atomic mass is 10.0. The molecule has 0 atom stereocenters. The molecule has 0 aliphatic heterocycles. The Morgan fingerprint density at radius 3 is 2.76 bits per heavy atom. The zero-order valence-corrected chi connectivity index (χ0v) is 13.1. The molecule has 1 aliphatic rings. The van der Waals surface area contributed by atoms with Crippen molar-refractivity contribution >= 4 is 28.9 Å². The van der Waals surface area contributed by atoms with Crippen molar-refractivity contribution in [1.82, 2.24) is 20.2 Å². The van der Waals surface area contributed by atoms with E-state index in [1.807, 2.05) is 0 Å². The number of anilines is 1. The molecule has 1 aromatic heterocycles. The largest absolute Gasteiger partial charge is 0.399 e. The highest BCUT2D eigenvalue weighted by Gasteiger charge is 2.18. The average molecular weight is 326 g/mol. The quantitative estimate of drug-likeness (QED) is 0.868. The van der Waals surface area contributed by atoms with Gasteiger partial charge in [0.25, 0.3) is 0 Å². The molecule has 1 saturated carbocycles. The van der Waals surface area contributed by atoms with Crippen molar-refractivity contribution in [2.45, 2.75) is 38.6 Å². The second-order valence-corrected chi connectivity index (χ2v) is 6.31. The maximum atomic E-state index is 6.26. The zero-order chi connectivity index (χ0) is 14.8. The summed E-state index contributed by atoms with van der Waals surface area (Å²) in [6.07, 6.45) is 6.38. The maximum Gasteiger partial charge on any atom is 0.183 e. The number of halogens is 2. The third kappa shape index (κ3) is 3.14. The Bertz CT molecular complexity index is 634. The minimum atomic E-state index is 0.414. The first-order valence-corrected chi connectivity index (χ1v) is 7.92. The molecule has 0 amide bonds. The van der Waals surface area contributed by atoms with E-state index in [1.165, 1.54) is 25.7 Å². The van der Waals surface area contributed by atoms with Gasteiger partial charge in [0.2, 0.25) is 0 Å². The van der Waals surface area contributed by atoms with Gasteiger partial charge in [-0.15, -0.1) is 5.10 Å². The molecular weight excluding hydrogens is 309 g/mol. The van der Waals surface area contributed by atoms with Gasteiger partial charge in [0, 0.05) is 17.8 Å². The Kier molecular flexibility index (Phi) is 4.31. The number of aromatic nitrogens is 4. The van der Waals surface area contributed by atoms with Crippen LogP contribution in [-0.2, 0) is 6.54 Å². The number of hydrogen-bond donors (Lipinski definition) is 1. The van der Waals surface area contributed by atoms with Crippen LogP contribution in [0, 0.1) is 5.92 Å². The van der Waals surface area contributed by atoms with Crippen molar-refractivity contribution in [3.05, 3.63) is 22.2 Å². The van der Waals surface area contributed by atoms with Crippen LogP contribution in [0.1, 0.15) is 32.1 Å². The molecule has 1 aromatic carbocycles. The van der Waals surface area contributed by atoms with Gasteiger partial charge in [-0.05, 0) is 34.9 Å². The van der Waals surface area contributed by atoms with Crippen molar-refractivity contribution in [3.8, 4) is 11.4 Å². The van der Waals surface area contributed by atoms with Gasteiger partial charge in [-0.3, -0.25) is 0 Å². The van der Waals surface area contributed by atoms with Crippen LogP contribution in [0.4, 0.5) is 5.69 Å². The zero-order valence-electron chi connectivity index (χ0n) is 11.6. The highest BCUT2D eigenvalue weighted by atomic mass is 35.5. The number of nitrogens with zero attached hydrogens (tertiary/aromatic N) is 4. The summed E-state index contributed by atoms with van der Waals surface area (Å²) in [6, 6.07) is 3.38. The van der Waals surface area contributed by atoms with Crippen LogP contribution in [0.15, 0.2) is 12.1 Å². The molecule has 0 spiro atoms. The van der Waals surface area contributed by atoms with E-state index in [0.29, 0.717) is 27.1 Å². The summed E-state index contributed by atoms with van der Waals surface area (Å²) < 4.78 is 1.79. The Balaban J connectivity index is 1.84. The van der Waals surface area contributed by atoms with Crippen molar-refractivity contribution in [2.24, 2.45) is 5.92 Å². The molecule has 112 valence electrons. The fourth-order valence-electron chi connectivity index (χ4n) is 2.92. The first-order valence-electron chi connectivity index (χ1n) is 7.16. The summed E-state index contributed by atoms with van der Waals surface area (Å²) in [4.78, 5) is 0. The highest BCUT2D eigenvalue weighted by molar-refractivity contribution is 6.43. The molecule has 21 heavy (non-hydrogen) atoms. The smallest absolute Gasteiger partial charge is 0.183 e. The fraction of sp³-hybridized carbons (Fsp3) is 0.500. The van der Waals surface area contributed by atoms with Crippen molar-refractivity contribution in [3.63, 3.8) is 0 Å². The third-order valence-corrected chi connectivity index (χ3v) is 4.85. The van der Waals surface area contributed by atoms with E-state index < -0.39 is 0 Å². The highest BCUT2D eigenvalue weighted by Crippen LogP contribution is 2.35. The molecule has 0 saturated heterocycles. The molecule has 1 heterocycles. The van der Waals surface area contributed by atoms with Gasteiger partial charge in [0.05, 0.1) is 10.0 Å². The number of hydrogen-bond acceptors (Lipinski definition) is 4. The van der Waals surface area contributed by atoms with Crippen molar-refractivity contribution in [2.75, 3.05) is 5.73 Å². The summed E-state index contributed by atoms with van der Waals surface area (Å²) in [7, 11) is 0. The average Bonchev–Trinajstić information content (AvgIpc) is 3.11. The minimum absolute atomic E-state index is 0.414. The van der Waals surface area contributed by atoms with Gasteiger partial charge in [-0.25, -0.2) is 4.68 Å². The topological polar surface area (TPSA) is 69.6 Å². The van der Waals surface area contributed by atoms with Gasteiger partial charge in [0.15, 0.2) is 5.82 Å². The van der Waals surface area contributed by atoms with Crippen LogP contribution < -0.4 is 5.73 Å². The van der Waals surface area contributed by atoms with E-state index in [0.717, 1.165) is 18.9 Å². The number of benzene rings is 1. The van der Waals surface area contributed by atoms with Crippen molar-refractivity contribution < 1.29 is 0 Å². The lowest BCUT2D eigenvalue weighted by Crippen LogP contribution is -2.07. The minimum Gasteiger partial charge on any atom is -0.399 e. The normalized spacial score (nSPS) is 15.7. The predicted molar refractivity (Wildman–Crippen MR) is 84.3 cm³/mol. The van der Waals surface area contributed by atoms with Gasteiger partial charge in [-0.1, -0.05) is 48.9 Å². The molecule has 2 N–H and O–H groups in total. The summed E-state index contributed by atoms with van der Waals surface area (Å²) in [5.41, 5.74) is 7.06. The fourth-order valence-corrected chi connectivity index (χ4v) is 3.35.